The topological polar surface area (TPSA) is 0 Å². The quantitative estimate of drug-likeness (QED) is 0.668. The van der Waals surface area contributed by atoms with Gasteiger partial charge < -0.3 is 0 Å². The molecule has 0 heterocycles. The molecule has 2 rings (SSSR count). The van der Waals surface area contributed by atoms with E-state index < -0.39 is 0 Å². The van der Waals surface area contributed by atoms with Gasteiger partial charge in [-0.3, -0.25) is 0 Å². The van der Waals surface area contributed by atoms with Gasteiger partial charge in [-0.2, -0.15) is 0 Å². The van der Waals surface area contributed by atoms with E-state index in [0.717, 1.165) is 11.8 Å². The van der Waals surface area contributed by atoms with Gasteiger partial charge in [-0.25, -0.2) is 0 Å². The summed E-state index contributed by atoms with van der Waals surface area (Å²) in [6.45, 7) is 4.45. The molecule has 1 aromatic carbocycles. The Morgan fingerprint density at radius 3 is 2.29 bits per heavy atom. The van der Waals surface area contributed by atoms with Gasteiger partial charge in [-0.15, -0.1) is 11.6 Å². The van der Waals surface area contributed by atoms with Gasteiger partial charge >= 0.3 is 0 Å². The van der Waals surface area contributed by atoms with E-state index in [0.29, 0.717) is 5.92 Å². The summed E-state index contributed by atoms with van der Waals surface area (Å²) in [6, 6.07) is 6.60. The Bertz CT molecular complexity index is 344. The van der Waals surface area contributed by atoms with Crippen molar-refractivity contribution in [3.63, 3.8) is 0 Å². The van der Waals surface area contributed by atoms with Crippen LogP contribution >= 0.6 is 11.6 Å². The standard InChI is InChI=1S/C16H23Cl/c1-12-6-5-7-13(2)16(12)10-15(11-17)14-8-3-4-9-14/h5-7,14-15H,3-4,8-11H2,1-2H3. The van der Waals surface area contributed by atoms with Crippen molar-refractivity contribution in [1.82, 2.24) is 0 Å². The number of alkyl halides is 1. The fourth-order valence-corrected chi connectivity index (χ4v) is 3.57. The first kappa shape index (κ1) is 13.0. The van der Waals surface area contributed by atoms with Gasteiger partial charge in [0.05, 0.1) is 0 Å². The molecule has 94 valence electrons. The SMILES string of the molecule is Cc1cccc(C)c1CC(CCl)C1CCCC1. The summed E-state index contributed by atoms with van der Waals surface area (Å²) >= 11 is 6.20. The summed E-state index contributed by atoms with van der Waals surface area (Å²) in [5.41, 5.74) is 4.39. The van der Waals surface area contributed by atoms with Gasteiger partial charge in [0.15, 0.2) is 0 Å². The van der Waals surface area contributed by atoms with Gasteiger partial charge in [0.1, 0.15) is 0 Å². The van der Waals surface area contributed by atoms with Gasteiger partial charge in [-0.05, 0) is 48.8 Å². The molecule has 1 saturated carbocycles. The Labute approximate surface area is 110 Å². The first-order valence-corrected chi connectivity index (χ1v) is 7.37. The fourth-order valence-electron chi connectivity index (χ4n) is 3.21. The molecule has 0 N–H and O–H groups in total. The van der Waals surface area contributed by atoms with Gasteiger partial charge in [0, 0.05) is 5.88 Å². The van der Waals surface area contributed by atoms with Crippen LogP contribution < -0.4 is 0 Å². The molecule has 0 saturated heterocycles. The van der Waals surface area contributed by atoms with Crippen molar-refractivity contribution in [3.05, 3.63) is 34.9 Å². The average molecular weight is 251 g/mol. The van der Waals surface area contributed by atoms with E-state index >= 15 is 0 Å². The van der Waals surface area contributed by atoms with E-state index in [9.17, 15) is 0 Å². The highest BCUT2D eigenvalue weighted by Gasteiger charge is 2.25. The van der Waals surface area contributed by atoms with Gasteiger partial charge in [0.2, 0.25) is 0 Å². The predicted molar refractivity (Wildman–Crippen MR) is 75.8 cm³/mol. The molecular weight excluding hydrogens is 228 g/mol. The van der Waals surface area contributed by atoms with Crippen molar-refractivity contribution < 1.29 is 0 Å². The monoisotopic (exact) mass is 250 g/mol. The first-order chi connectivity index (χ1) is 8.22. The molecule has 1 atom stereocenters. The first-order valence-electron chi connectivity index (χ1n) is 6.83. The number of rotatable bonds is 4. The van der Waals surface area contributed by atoms with E-state index in [-0.39, 0.29) is 0 Å². The molecule has 0 aromatic heterocycles. The lowest BCUT2D eigenvalue weighted by Gasteiger charge is -2.23. The van der Waals surface area contributed by atoms with Crippen LogP contribution in [-0.4, -0.2) is 5.88 Å². The third-order valence-corrected chi connectivity index (χ3v) is 4.77. The molecule has 0 spiro atoms. The van der Waals surface area contributed by atoms with Crippen molar-refractivity contribution in [3.8, 4) is 0 Å². The Hall–Kier alpha value is -0.490. The summed E-state index contributed by atoms with van der Waals surface area (Å²) in [6.07, 6.45) is 6.77. The summed E-state index contributed by atoms with van der Waals surface area (Å²) in [5, 5.41) is 0. The van der Waals surface area contributed by atoms with Crippen LogP contribution in [0.25, 0.3) is 0 Å². The van der Waals surface area contributed by atoms with Crippen LogP contribution in [0.2, 0.25) is 0 Å². The van der Waals surface area contributed by atoms with Crippen LogP contribution in [0.15, 0.2) is 18.2 Å². The number of benzene rings is 1. The Kier molecular flexibility index (Phi) is 4.50. The zero-order valence-electron chi connectivity index (χ0n) is 11.0. The molecule has 1 fully saturated rings. The highest BCUT2D eigenvalue weighted by Crippen LogP contribution is 2.34. The predicted octanol–water partition coefficient (Wildman–Crippen LogP) is 4.89. The van der Waals surface area contributed by atoms with Crippen LogP contribution in [0.3, 0.4) is 0 Å². The zero-order valence-corrected chi connectivity index (χ0v) is 11.8. The molecule has 1 heteroatoms. The van der Waals surface area contributed by atoms with Crippen molar-refractivity contribution >= 4 is 11.6 Å². The number of hydrogen-bond acceptors (Lipinski definition) is 0. The third-order valence-electron chi connectivity index (χ3n) is 4.38. The Balaban J connectivity index is 2.12. The van der Waals surface area contributed by atoms with E-state index in [1.807, 2.05) is 0 Å². The minimum atomic E-state index is 0.680. The summed E-state index contributed by atoms with van der Waals surface area (Å²) < 4.78 is 0. The zero-order chi connectivity index (χ0) is 12.3. The summed E-state index contributed by atoms with van der Waals surface area (Å²) in [4.78, 5) is 0. The highest BCUT2D eigenvalue weighted by atomic mass is 35.5. The lowest BCUT2D eigenvalue weighted by molar-refractivity contribution is 0.368. The van der Waals surface area contributed by atoms with Crippen LogP contribution in [0.1, 0.15) is 42.4 Å². The number of aryl methyl sites for hydroxylation is 2. The molecule has 1 aromatic rings. The Morgan fingerprint density at radius 2 is 1.76 bits per heavy atom. The molecule has 1 aliphatic carbocycles. The molecule has 0 nitrogen and oxygen atoms in total. The largest absolute Gasteiger partial charge is 0.126 e. The lowest BCUT2D eigenvalue weighted by atomic mass is 9.84. The molecule has 1 unspecified atom stereocenters. The van der Waals surface area contributed by atoms with E-state index in [4.69, 9.17) is 11.6 Å². The molecule has 0 bridgehead atoms. The average Bonchev–Trinajstić information content (AvgIpc) is 2.82. The van der Waals surface area contributed by atoms with Gasteiger partial charge in [0.25, 0.3) is 0 Å². The summed E-state index contributed by atoms with van der Waals surface area (Å²) in [7, 11) is 0. The van der Waals surface area contributed by atoms with Crippen LogP contribution in [0.4, 0.5) is 0 Å². The maximum atomic E-state index is 6.20. The normalized spacial score (nSPS) is 18.5. The van der Waals surface area contributed by atoms with Crippen molar-refractivity contribution in [2.45, 2.75) is 46.0 Å². The second kappa shape index (κ2) is 5.91. The lowest BCUT2D eigenvalue weighted by Crippen LogP contribution is -2.17. The number of hydrogen-bond donors (Lipinski definition) is 0. The Morgan fingerprint density at radius 1 is 1.18 bits per heavy atom. The minimum absolute atomic E-state index is 0.680. The van der Waals surface area contributed by atoms with Crippen molar-refractivity contribution in [1.29, 1.82) is 0 Å². The maximum Gasteiger partial charge on any atom is 0.0257 e. The van der Waals surface area contributed by atoms with Crippen molar-refractivity contribution in [2.75, 3.05) is 5.88 Å². The number of halogens is 1. The molecule has 0 aliphatic heterocycles. The maximum absolute atomic E-state index is 6.20. The van der Waals surface area contributed by atoms with Gasteiger partial charge in [-0.1, -0.05) is 43.9 Å². The fraction of sp³-hybridized carbons (Fsp3) is 0.625. The minimum Gasteiger partial charge on any atom is -0.126 e. The smallest absolute Gasteiger partial charge is 0.0257 e. The highest BCUT2D eigenvalue weighted by molar-refractivity contribution is 6.18. The third kappa shape index (κ3) is 3.04. The van der Waals surface area contributed by atoms with E-state index in [1.54, 1.807) is 0 Å². The molecule has 0 radical (unpaired) electrons. The van der Waals surface area contributed by atoms with Crippen LogP contribution in [0, 0.1) is 25.7 Å². The second-order valence-electron chi connectivity index (χ2n) is 5.53. The van der Waals surface area contributed by atoms with E-state index in [2.05, 4.69) is 32.0 Å². The van der Waals surface area contributed by atoms with E-state index in [1.165, 1.54) is 48.8 Å². The van der Waals surface area contributed by atoms with Crippen LogP contribution in [0.5, 0.6) is 0 Å². The summed E-state index contributed by atoms with van der Waals surface area (Å²) in [5.74, 6) is 2.36. The molecule has 17 heavy (non-hydrogen) atoms. The second-order valence-corrected chi connectivity index (χ2v) is 5.84. The molecule has 1 aliphatic rings. The molecule has 0 amide bonds. The van der Waals surface area contributed by atoms with Crippen molar-refractivity contribution in [2.24, 2.45) is 11.8 Å². The molecular formula is C16H23Cl. The van der Waals surface area contributed by atoms with Crippen LogP contribution in [-0.2, 0) is 6.42 Å².